The summed E-state index contributed by atoms with van der Waals surface area (Å²) in [5, 5.41) is 11.6. The van der Waals surface area contributed by atoms with Gasteiger partial charge in [0, 0.05) is 5.69 Å². The number of carbonyl (C=O) groups excluding carboxylic acids is 1. The molecule has 3 N–H and O–H groups in total. The number of hydrogen-bond acceptors (Lipinski definition) is 3. The summed E-state index contributed by atoms with van der Waals surface area (Å²) in [6.45, 7) is 5.83. The van der Waals surface area contributed by atoms with Gasteiger partial charge in [-0.3, -0.25) is 4.79 Å². The van der Waals surface area contributed by atoms with Gasteiger partial charge in [-0.2, -0.15) is 5.26 Å². The first-order valence-electron chi connectivity index (χ1n) is 6.06. The predicted molar refractivity (Wildman–Crippen MR) is 72.0 cm³/mol. The molecule has 0 aliphatic rings. The summed E-state index contributed by atoms with van der Waals surface area (Å²) < 4.78 is 0. The molecule has 0 spiro atoms. The molecule has 0 aliphatic carbocycles. The van der Waals surface area contributed by atoms with Crippen LogP contribution < -0.4 is 11.1 Å². The zero-order chi connectivity index (χ0) is 13.7. The van der Waals surface area contributed by atoms with Crippen LogP contribution >= 0.6 is 0 Å². The Hall–Kier alpha value is -1.86. The van der Waals surface area contributed by atoms with Gasteiger partial charge in [-0.15, -0.1) is 0 Å². The second-order valence-electron chi connectivity index (χ2n) is 4.54. The Kier molecular flexibility index (Phi) is 4.87. The van der Waals surface area contributed by atoms with E-state index in [1.165, 1.54) is 0 Å². The first-order valence-corrected chi connectivity index (χ1v) is 6.06. The minimum atomic E-state index is -0.528. The van der Waals surface area contributed by atoms with Crippen molar-refractivity contribution in [3.05, 3.63) is 29.3 Å². The zero-order valence-electron chi connectivity index (χ0n) is 11.0. The number of hydrogen-bond donors (Lipinski definition) is 2. The molecule has 0 bridgehead atoms. The lowest BCUT2D eigenvalue weighted by atomic mass is 9.99. The molecule has 0 aliphatic heterocycles. The van der Waals surface area contributed by atoms with Gasteiger partial charge in [0.1, 0.15) is 0 Å². The number of carbonyl (C=O) groups is 1. The topological polar surface area (TPSA) is 78.9 Å². The normalized spacial score (nSPS) is 13.5. The fourth-order valence-corrected chi connectivity index (χ4v) is 1.55. The molecule has 1 aromatic carbocycles. The zero-order valence-corrected chi connectivity index (χ0v) is 11.0. The van der Waals surface area contributed by atoms with Crippen molar-refractivity contribution in [2.45, 2.75) is 33.2 Å². The smallest absolute Gasteiger partial charge is 0.241 e. The van der Waals surface area contributed by atoms with E-state index in [4.69, 9.17) is 11.0 Å². The fraction of sp³-hybridized carbons (Fsp3) is 0.429. The lowest BCUT2D eigenvalue weighted by molar-refractivity contribution is -0.118. The summed E-state index contributed by atoms with van der Waals surface area (Å²) in [5.41, 5.74) is 7.95. The van der Waals surface area contributed by atoms with E-state index in [0.29, 0.717) is 11.3 Å². The third-order valence-electron chi connectivity index (χ3n) is 3.18. The van der Waals surface area contributed by atoms with Crippen LogP contribution in [0.15, 0.2) is 18.2 Å². The van der Waals surface area contributed by atoms with Crippen molar-refractivity contribution >= 4 is 11.6 Å². The molecule has 1 rings (SSSR count). The van der Waals surface area contributed by atoms with Crippen LogP contribution in [-0.2, 0) is 4.79 Å². The van der Waals surface area contributed by atoms with E-state index in [2.05, 4.69) is 5.32 Å². The monoisotopic (exact) mass is 245 g/mol. The van der Waals surface area contributed by atoms with E-state index in [0.717, 1.165) is 12.0 Å². The molecule has 96 valence electrons. The maximum absolute atomic E-state index is 11.9. The Labute approximate surface area is 108 Å². The van der Waals surface area contributed by atoms with Crippen molar-refractivity contribution in [1.82, 2.24) is 0 Å². The molecule has 4 nitrogen and oxygen atoms in total. The Morgan fingerprint density at radius 3 is 2.78 bits per heavy atom. The predicted octanol–water partition coefficient (Wildman–Crippen LogP) is 2.18. The molecule has 0 radical (unpaired) electrons. The minimum Gasteiger partial charge on any atom is -0.324 e. The largest absolute Gasteiger partial charge is 0.324 e. The number of nitrogens with two attached hydrogens (primary N) is 1. The van der Waals surface area contributed by atoms with E-state index < -0.39 is 6.04 Å². The van der Waals surface area contributed by atoms with Crippen LogP contribution in [0.2, 0.25) is 0 Å². The number of nitriles is 1. The van der Waals surface area contributed by atoms with Gasteiger partial charge in [-0.1, -0.05) is 26.3 Å². The molecule has 0 heterocycles. The number of amides is 1. The van der Waals surface area contributed by atoms with Gasteiger partial charge in [0.05, 0.1) is 17.7 Å². The summed E-state index contributed by atoms with van der Waals surface area (Å²) in [6.07, 6.45) is 0.853. The molecule has 18 heavy (non-hydrogen) atoms. The standard InChI is InChI=1S/C14H19N3O/c1-4-9(2)13(16)14(18)17-12-7-11(8-15)6-5-10(12)3/h5-7,9,13H,4,16H2,1-3H3,(H,17,18)/t9-,13-/m0/s1. The number of benzene rings is 1. The SMILES string of the molecule is CC[C@H](C)[C@H](N)C(=O)Nc1cc(C#N)ccc1C. The maximum atomic E-state index is 11.9. The minimum absolute atomic E-state index is 0.129. The third kappa shape index (κ3) is 3.31. The third-order valence-corrected chi connectivity index (χ3v) is 3.18. The lowest BCUT2D eigenvalue weighted by Gasteiger charge is -2.18. The summed E-state index contributed by atoms with van der Waals surface area (Å²) in [4.78, 5) is 11.9. The Morgan fingerprint density at radius 1 is 1.56 bits per heavy atom. The van der Waals surface area contributed by atoms with Gasteiger partial charge in [0.2, 0.25) is 5.91 Å². The maximum Gasteiger partial charge on any atom is 0.241 e. The van der Waals surface area contributed by atoms with Crippen LogP contribution in [0.4, 0.5) is 5.69 Å². The van der Waals surface area contributed by atoms with E-state index in [-0.39, 0.29) is 11.8 Å². The average molecular weight is 245 g/mol. The van der Waals surface area contributed by atoms with Crippen molar-refractivity contribution in [3.63, 3.8) is 0 Å². The van der Waals surface area contributed by atoms with Gasteiger partial charge >= 0.3 is 0 Å². The fourth-order valence-electron chi connectivity index (χ4n) is 1.55. The molecule has 1 aromatic rings. The summed E-state index contributed by atoms with van der Waals surface area (Å²) in [7, 11) is 0. The highest BCUT2D eigenvalue weighted by Gasteiger charge is 2.19. The number of aryl methyl sites for hydroxylation is 1. The first-order chi connectivity index (χ1) is 8.49. The van der Waals surface area contributed by atoms with Crippen LogP contribution in [0.1, 0.15) is 31.4 Å². The van der Waals surface area contributed by atoms with Gasteiger partial charge in [-0.05, 0) is 30.5 Å². The van der Waals surface area contributed by atoms with Crippen molar-refractivity contribution in [2.75, 3.05) is 5.32 Å². The Bertz CT molecular complexity index is 476. The molecular weight excluding hydrogens is 226 g/mol. The second kappa shape index (κ2) is 6.18. The van der Waals surface area contributed by atoms with Crippen molar-refractivity contribution < 1.29 is 4.79 Å². The summed E-state index contributed by atoms with van der Waals surface area (Å²) in [6, 6.07) is 6.71. The van der Waals surface area contributed by atoms with Crippen LogP contribution in [0.3, 0.4) is 0 Å². The quantitative estimate of drug-likeness (QED) is 0.853. The summed E-state index contributed by atoms with van der Waals surface area (Å²) >= 11 is 0. The Morgan fingerprint density at radius 2 is 2.22 bits per heavy atom. The molecule has 2 atom stereocenters. The number of anilines is 1. The molecule has 0 aromatic heterocycles. The second-order valence-corrected chi connectivity index (χ2v) is 4.54. The summed E-state index contributed by atoms with van der Waals surface area (Å²) in [5.74, 6) is -0.0769. The number of rotatable bonds is 4. The molecule has 0 saturated heterocycles. The van der Waals surface area contributed by atoms with Crippen LogP contribution in [0.25, 0.3) is 0 Å². The first kappa shape index (κ1) is 14.2. The van der Waals surface area contributed by atoms with Gasteiger partial charge in [-0.25, -0.2) is 0 Å². The highest BCUT2D eigenvalue weighted by Crippen LogP contribution is 2.17. The van der Waals surface area contributed by atoms with Crippen LogP contribution in [-0.4, -0.2) is 11.9 Å². The van der Waals surface area contributed by atoms with Gasteiger partial charge < -0.3 is 11.1 Å². The van der Waals surface area contributed by atoms with Crippen molar-refractivity contribution in [2.24, 2.45) is 11.7 Å². The van der Waals surface area contributed by atoms with E-state index in [9.17, 15) is 4.79 Å². The van der Waals surface area contributed by atoms with E-state index in [1.807, 2.05) is 32.9 Å². The van der Waals surface area contributed by atoms with Crippen LogP contribution in [0, 0.1) is 24.2 Å². The van der Waals surface area contributed by atoms with Crippen molar-refractivity contribution in [3.8, 4) is 6.07 Å². The highest BCUT2D eigenvalue weighted by molar-refractivity contribution is 5.95. The molecular formula is C14H19N3O. The molecule has 1 amide bonds. The molecule has 0 unspecified atom stereocenters. The number of nitrogens with zero attached hydrogens (tertiary/aromatic N) is 1. The average Bonchev–Trinajstić information content (AvgIpc) is 2.39. The molecule has 4 heteroatoms. The van der Waals surface area contributed by atoms with E-state index in [1.54, 1.807) is 12.1 Å². The van der Waals surface area contributed by atoms with Crippen molar-refractivity contribution in [1.29, 1.82) is 5.26 Å². The Balaban J connectivity index is 2.85. The van der Waals surface area contributed by atoms with E-state index >= 15 is 0 Å². The molecule has 0 fully saturated rings. The lowest BCUT2D eigenvalue weighted by Crippen LogP contribution is -2.40. The van der Waals surface area contributed by atoms with Crippen LogP contribution in [0.5, 0.6) is 0 Å². The molecule has 0 saturated carbocycles. The number of nitrogens with one attached hydrogen (secondary N) is 1. The highest BCUT2D eigenvalue weighted by atomic mass is 16.2. The van der Waals surface area contributed by atoms with Gasteiger partial charge in [0.25, 0.3) is 0 Å². The van der Waals surface area contributed by atoms with Gasteiger partial charge in [0.15, 0.2) is 0 Å².